The van der Waals surface area contributed by atoms with E-state index in [1.54, 1.807) is 24.4 Å². The van der Waals surface area contributed by atoms with Crippen molar-refractivity contribution in [1.29, 1.82) is 0 Å². The molecule has 12 heteroatoms. The topological polar surface area (TPSA) is 179 Å². The maximum atomic E-state index is 11.9. The van der Waals surface area contributed by atoms with Crippen molar-refractivity contribution in [1.82, 2.24) is 20.3 Å². The summed E-state index contributed by atoms with van der Waals surface area (Å²) in [5.41, 5.74) is 3.31. The van der Waals surface area contributed by atoms with Crippen molar-refractivity contribution in [3.05, 3.63) is 72.3 Å². The van der Waals surface area contributed by atoms with Crippen LogP contribution in [-0.4, -0.2) is 79.4 Å². The van der Waals surface area contributed by atoms with E-state index in [0.717, 1.165) is 16.9 Å². The number of aryl methyl sites for hydroxylation is 2. The number of aromatic nitrogens is 3. The van der Waals surface area contributed by atoms with Crippen LogP contribution in [-0.2, 0) is 4.79 Å². The second-order valence-corrected chi connectivity index (χ2v) is 9.93. The van der Waals surface area contributed by atoms with E-state index in [1.165, 1.54) is 6.33 Å². The summed E-state index contributed by atoms with van der Waals surface area (Å²) in [7, 11) is 0. The van der Waals surface area contributed by atoms with E-state index < -0.39 is 37.4 Å². The zero-order chi connectivity index (χ0) is 30.1. The summed E-state index contributed by atoms with van der Waals surface area (Å²) in [5.74, 6) is 1.84. The van der Waals surface area contributed by atoms with Gasteiger partial charge in [0.25, 0.3) is 0 Å². The molecule has 0 spiro atoms. The van der Waals surface area contributed by atoms with Crippen LogP contribution < -0.4 is 20.1 Å². The van der Waals surface area contributed by atoms with Crippen LogP contribution >= 0.6 is 0 Å². The fraction of sp³-hybridized carbons (Fsp3) is 0.333. The monoisotopic (exact) mass is 577 g/mol. The molecular weight excluding hydrogens is 542 g/mol. The number of rotatable bonds is 14. The maximum absolute atomic E-state index is 11.9. The molecule has 2 atom stereocenters. The molecule has 2 heterocycles. The molecular formula is C30H35N5O7. The molecule has 6 N–H and O–H groups in total. The van der Waals surface area contributed by atoms with E-state index in [1.807, 2.05) is 44.2 Å². The second-order valence-electron chi connectivity index (χ2n) is 9.93. The average Bonchev–Trinajstić information content (AvgIpc) is 2.97. The van der Waals surface area contributed by atoms with Crippen molar-refractivity contribution in [2.24, 2.45) is 0 Å². The second kappa shape index (κ2) is 14.5. The number of hydrogen-bond acceptors (Lipinski definition) is 11. The Morgan fingerprint density at radius 1 is 0.929 bits per heavy atom. The standard InChI is InChI=1S/C30H35N5O7/c1-18-9-20(4-8-28(18)42-25-5-3-19(2)31-13-25)35-30-26-12-24(6-7-27(26)32-17-33-30)41-16-23(39)10-22(38)11-29(40)34-21(14-36)15-37/h3-9,12-13,17,21-23,36-39H,10-11,14-16H2,1-2H3,(H,34,40)(H,32,33,35). The molecule has 42 heavy (non-hydrogen) atoms. The Bertz CT molecular complexity index is 1480. The number of nitrogens with one attached hydrogen (secondary N) is 2. The van der Waals surface area contributed by atoms with Crippen LogP contribution in [0.4, 0.5) is 11.5 Å². The molecule has 4 rings (SSSR count). The van der Waals surface area contributed by atoms with Gasteiger partial charge in [-0.1, -0.05) is 0 Å². The molecule has 222 valence electrons. The molecule has 2 unspecified atom stereocenters. The van der Waals surface area contributed by atoms with Gasteiger partial charge >= 0.3 is 0 Å². The van der Waals surface area contributed by atoms with Crippen LogP contribution in [0, 0.1) is 13.8 Å². The number of nitrogens with zero attached hydrogens (tertiary/aromatic N) is 3. The first-order chi connectivity index (χ1) is 20.2. The Balaban J connectivity index is 1.37. The number of benzene rings is 2. The molecule has 0 fully saturated rings. The number of ether oxygens (including phenoxy) is 2. The van der Waals surface area contributed by atoms with Gasteiger partial charge in [-0.2, -0.15) is 0 Å². The summed E-state index contributed by atoms with van der Waals surface area (Å²) in [4.78, 5) is 24.9. The summed E-state index contributed by atoms with van der Waals surface area (Å²) >= 11 is 0. The van der Waals surface area contributed by atoms with Gasteiger partial charge in [0.05, 0.1) is 49.6 Å². The van der Waals surface area contributed by atoms with Gasteiger partial charge in [0.2, 0.25) is 5.91 Å². The van der Waals surface area contributed by atoms with E-state index in [9.17, 15) is 15.0 Å². The van der Waals surface area contributed by atoms with Crippen molar-refractivity contribution in [3.8, 4) is 17.2 Å². The molecule has 0 radical (unpaired) electrons. The van der Waals surface area contributed by atoms with E-state index in [2.05, 4.69) is 25.6 Å². The van der Waals surface area contributed by atoms with E-state index in [-0.39, 0.29) is 19.4 Å². The third kappa shape index (κ3) is 8.57. The Hall–Kier alpha value is -4.36. The van der Waals surface area contributed by atoms with Crippen LogP contribution in [0.5, 0.6) is 17.2 Å². The zero-order valence-corrected chi connectivity index (χ0v) is 23.4. The fourth-order valence-electron chi connectivity index (χ4n) is 4.15. The van der Waals surface area contributed by atoms with Gasteiger partial charge in [0.15, 0.2) is 0 Å². The first kappa shape index (κ1) is 30.6. The molecule has 0 bridgehead atoms. The Morgan fingerprint density at radius 3 is 2.43 bits per heavy atom. The number of amides is 1. The maximum Gasteiger partial charge on any atom is 0.222 e. The van der Waals surface area contributed by atoms with Crippen LogP contribution in [0.15, 0.2) is 61.1 Å². The predicted octanol–water partition coefficient (Wildman–Crippen LogP) is 2.53. The summed E-state index contributed by atoms with van der Waals surface area (Å²) in [6, 6.07) is 13.9. The quantitative estimate of drug-likeness (QED) is 0.130. The highest BCUT2D eigenvalue weighted by molar-refractivity contribution is 5.91. The number of carbonyl (C=O) groups is 1. The van der Waals surface area contributed by atoms with Crippen molar-refractivity contribution in [3.63, 3.8) is 0 Å². The number of aliphatic hydroxyl groups excluding tert-OH is 4. The average molecular weight is 578 g/mol. The zero-order valence-electron chi connectivity index (χ0n) is 23.4. The minimum absolute atomic E-state index is 0.0979. The summed E-state index contributed by atoms with van der Waals surface area (Å²) in [5, 5.41) is 45.0. The molecule has 0 saturated heterocycles. The smallest absolute Gasteiger partial charge is 0.222 e. The van der Waals surface area contributed by atoms with Crippen LogP contribution in [0.1, 0.15) is 24.1 Å². The van der Waals surface area contributed by atoms with Crippen molar-refractivity contribution in [2.45, 2.75) is 44.9 Å². The Morgan fingerprint density at radius 2 is 1.71 bits per heavy atom. The highest BCUT2D eigenvalue weighted by Crippen LogP contribution is 2.31. The number of anilines is 2. The van der Waals surface area contributed by atoms with Gasteiger partial charge in [-0.15, -0.1) is 0 Å². The molecule has 0 saturated carbocycles. The molecule has 2 aromatic heterocycles. The summed E-state index contributed by atoms with van der Waals surface area (Å²) in [6.45, 7) is 2.90. The Labute approximate surface area is 243 Å². The van der Waals surface area contributed by atoms with Crippen molar-refractivity contribution >= 4 is 28.3 Å². The largest absolute Gasteiger partial charge is 0.491 e. The van der Waals surface area contributed by atoms with Gasteiger partial charge < -0.3 is 40.5 Å². The van der Waals surface area contributed by atoms with E-state index >= 15 is 0 Å². The minimum atomic E-state index is -1.13. The van der Waals surface area contributed by atoms with Gasteiger partial charge in [-0.05, 0) is 67.9 Å². The summed E-state index contributed by atoms with van der Waals surface area (Å²) < 4.78 is 11.7. The third-order valence-electron chi connectivity index (χ3n) is 6.37. The van der Waals surface area contributed by atoms with Crippen molar-refractivity contribution < 1.29 is 34.7 Å². The third-order valence-corrected chi connectivity index (χ3v) is 6.37. The normalized spacial score (nSPS) is 12.6. The minimum Gasteiger partial charge on any atom is -0.491 e. The van der Waals surface area contributed by atoms with E-state index in [4.69, 9.17) is 19.7 Å². The summed E-state index contributed by atoms with van der Waals surface area (Å²) in [6.07, 6.45) is 0.590. The Kier molecular flexibility index (Phi) is 10.6. The van der Waals surface area contributed by atoms with Crippen LogP contribution in [0.3, 0.4) is 0 Å². The highest BCUT2D eigenvalue weighted by Gasteiger charge is 2.18. The SMILES string of the molecule is Cc1ccc(Oc2ccc(Nc3ncnc4ccc(OCC(O)CC(O)CC(=O)NC(CO)CO)cc34)cc2C)cn1. The number of pyridine rings is 1. The molecule has 0 aliphatic carbocycles. The number of aliphatic hydroxyl groups is 4. The lowest BCUT2D eigenvalue weighted by atomic mass is 10.1. The first-order valence-electron chi connectivity index (χ1n) is 13.5. The molecule has 1 amide bonds. The van der Waals surface area contributed by atoms with Gasteiger partial charge in [-0.25, -0.2) is 9.97 Å². The molecule has 2 aromatic carbocycles. The van der Waals surface area contributed by atoms with Gasteiger partial charge in [0, 0.05) is 23.2 Å². The number of hydrogen-bond donors (Lipinski definition) is 6. The first-order valence-corrected chi connectivity index (χ1v) is 13.5. The lowest BCUT2D eigenvalue weighted by Crippen LogP contribution is -2.41. The molecule has 12 nitrogen and oxygen atoms in total. The lowest BCUT2D eigenvalue weighted by molar-refractivity contribution is -0.124. The number of fused-ring (bicyclic) bond motifs is 1. The van der Waals surface area contributed by atoms with Crippen LogP contribution in [0.2, 0.25) is 0 Å². The van der Waals surface area contributed by atoms with Gasteiger partial charge in [0.1, 0.15) is 36.0 Å². The lowest BCUT2D eigenvalue weighted by Gasteiger charge is -2.18. The molecule has 0 aliphatic rings. The van der Waals surface area contributed by atoms with Gasteiger partial charge in [-0.3, -0.25) is 9.78 Å². The molecule has 0 aliphatic heterocycles. The molecule has 4 aromatic rings. The fourth-order valence-corrected chi connectivity index (χ4v) is 4.15. The van der Waals surface area contributed by atoms with Crippen LogP contribution in [0.25, 0.3) is 10.9 Å². The van der Waals surface area contributed by atoms with Crippen molar-refractivity contribution in [2.75, 3.05) is 25.1 Å². The predicted molar refractivity (Wildman–Crippen MR) is 156 cm³/mol. The highest BCUT2D eigenvalue weighted by atomic mass is 16.5. The number of carbonyl (C=O) groups excluding carboxylic acids is 1. The van der Waals surface area contributed by atoms with E-state index in [0.29, 0.717) is 34.0 Å².